The fraction of sp³-hybridized carbons (Fsp3) is 0.217. The topological polar surface area (TPSA) is 46.8 Å². The fourth-order valence-corrected chi connectivity index (χ4v) is 4.18. The second-order valence-corrected chi connectivity index (χ2v) is 8.09. The Kier molecular flexibility index (Phi) is 5.74. The first-order valence-corrected chi connectivity index (χ1v) is 10.4. The number of ether oxygens (including phenoxy) is 1. The number of methoxy groups -OCH3 is 1. The van der Waals surface area contributed by atoms with Crippen LogP contribution in [-0.4, -0.2) is 21.4 Å². The molecule has 4 rings (SSSR count). The number of para-hydroxylation sites is 1. The van der Waals surface area contributed by atoms with Crippen molar-refractivity contribution < 1.29 is 4.74 Å². The van der Waals surface area contributed by atoms with Crippen molar-refractivity contribution in [2.45, 2.75) is 26.6 Å². The minimum atomic E-state index is -0.0536. The van der Waals surface area contributed by atoms with Gasteiger partial charge in [-0.2, -0.15) is 0 Å². The van der Waals surface area contributed by atoms with Gasteiger partial charge in [-0.1, -0.05) is 30.3 Å². The molecular formula is C23H23N3O2S. The van der Waals surface area contributed by atoms with E-state index in [4.69, 9.17) is 9.72 Å². The molecule has 0 saturated carbocycles. The Morgan fingerprint density at radius 2 is 1.93 bits per heavy atom. The molecule has 3 heterocycles. The largest absolute Gasteiger partial charge is 0.496 e. The summed E-state index contributed by atoms with van der Waals surface area (Å²) in [5.41, 5.74) is 3.53. The number of thiophene rings is 1. The van der Waals surface area contributed by atoms with Gasteiger partial charge in [0.05, 0.1) is 12.8 Å². The lowest BCUT2D eigenvalue weighted by atomic mass is 10.1. The number of hydrogen-bond acceptors (Lipinski definition) is 5. The first kappa shape index (κ1) is 19.4. The van der Waals surface area contributed by atoms with Crippen molar-refractivity contribution in [3.05, 3.63) is 98.2 Å². The van der Waals surface area contributed by atoms with E-state index in [9.17, 15) is 4.79 Å². The number of benzene rings is 1. The van der Waals surface area contributed by atoms with E-state index in [1.165, 1.54) is 4.88 Å². The van der Waals surface area contributed by atoms with Crippen molar-refractivity contribution in [3.63, 3.8) is 0 Å². The Morgan fingerprint density at radius 1 is 1.07 bits per heavy atom. The summed E-state index contributed by atoms with van der Waals surface area (Å²) >= 11 is 1.73. The van der Waals surface area contributed by atoms with Crippen molar-refractivity contribution in [3.8, 4) is 5.75 Å². The molecule has 0 atom stereocenters. The van der Waals surface area contributed by atoms with Gasteiger partial charge in [-0.15, -0.1) is 11.3 Å². The van der Waals surface area contributed by atoms with Crippen LogP contribution in [0.1, 0.15) is 21.7 Å². The van der Waals surface area contributed by atoms with Crippen LogP contribution in [0.25, 0.3) is 5.65 Å². The maximum Gasteiger partial charge on any atom is 0.258 e. The average molecular weight is 406 g/mol. The van der Waals surface area contributed by atoms with Crippen molar-refractivity contribution in [1.82, 2.24) is 14.3 Å². The summed E-state index contributed by atoms with van der Waals surface area (Å²) in [6.45, 7) is 4.03. The van der Waals surface area contributed by atoms with E-state index in [1.807, 2.05) is 43.5 Å². The zero-order valence-corrected chi connectivity index (χ0v) is 17.4. The smallest absolute Gasteiger partial charge is 0.258 e. The summed E-state index contributed by atoms with van der Waals surface area (Å²) in [7, 11) is 1.69. The van der Waals surface area contributed by atoms with Crippen molar-refractivity contribution in [2.75, 3.05) is 7.11 Å². The monoisotopic (exact) mass is 405 g/mol. The molecule has 29 heavy (non-hydrogen) atoms. The number of hydrogen-bond donors (Lipinski definition) is 0. The van der Waals surface area contributed by atoms with Crippen LogP contribution < -0.4 is 10.3 Å². The number of rotatable bonds is 7. The standard InChI is InChI=1S/C23H23N3O2S/c1-17-9-10-22-24-19(12-23(27)26(22)13-17)15-25(16-20-7-5-11-29-20)14-18-6-3-4-8-21(18)28-2/h3-13H,14-16H2,1-2H3. The predicted octanol–water partition coefficient (Wildman–Crippen LogP) is 4.28. The minimum Gasteiger partial charge on any atom is -0.496 e. The molecule has 0 radical (unpaired) electrons. The molecule has 0 amide bonds. The van der Waals surface area contributed by atoms with Gasteiger partial charge in [-0.3, -0.25) is 14.1 Å². The maximum absolute atomic E-state index is 12.6. The summed E-state index contributed by atoms with van der Waals surface area (Å²) in [5.74, 6) is 0.866. The van der Waals surface area contributed by atoms with E-state index in [1.54, 1.807) is 28.9 Å². The maximum atomic E-state index is 12.6. The fourth-order valence-electron chi connectivity index (χ4n) is 3.43. The molecule has 0 aliphatic carbocycles. The van der Waals surface area contributed by atoms with E-state index in [0.717, 1.165) is 29.1 Å². The van der Waals surface area contributed by atoms with Gasteiger partial charge >= 0.3 is 0 Å². The number of pyridine rings is 1. The van der Waals surface area contributed by atoms with Gasteiger partial charge in [0.25, 0.3) is 5.56 Å². The Hall–Kier alpha value is -2.96. The number of nitrogens with zero attached hydrogens (tertiary/aromatic N) is 3. The van der Waals surface area contributed by atoms with Crippen LogP contribution in [0.3, 0.4) is 0 Å². The quantitative estimate of drug-likeness (QED) is 0.461. The highest BCUT2D eigenvalue weighted by Crippen LogP contribution is 2.22. The molecule has 4 aromatic rings. The predicted molar refractivity (Wildman–Crippen MR) is 116 cm³/mol. The first-order valence-electron chi connectivity index (χ1n) is 9.48. The van der Waals surface area contributed by atoms with Crippen LogP contribution >= 0.6 is 11.3 Å². The zero-order chi connectivity index (χ0) is 20.2. The van der Waals surface area contributed by atoms with Gasteiger partial charge in [0.1, 0.15) is 11.4 Å². The molecule has 6 heteroatoms. The summed E-state index contributed by atoms with van der Waals surface area (Å²) < 4.78 is 7.13. The van der Waals surface area contributed by atoms with Crippen LogP contribution in [-0.2, 0) is 19.6 Å². The first-order chi connectivity index (χ1) is 14.1. The SMILES string of the molecule is COc1ccccc1CN(Cc1cc(=O)n2cc(C)ccc2n1)Cc1cccs1. The summed E-state index contributed by atoms with van der Waals surface area (Å²) in [5, 5.41) is 2.08. The molecule has 5 nitrogen and oxygen atoms in total. The molecular weight excluding hydrogens is 382 g/mol. The summed E-state index contributed by atoms with van der Waals surface area (Å²) in [4.78, 5) is 20.9. The molecule has 0 fully saturated rings. The van der Waals surface area contributed by atoms with Crippen LogP contribution in [0.15, 0.2) is 71.0 Å². The highest BCUT2D eigenvalue weighted by Gasteiger charge is 2.14. The van der Waals surface area contributed by atoms with Crippen LogP contribution in [0.5, 0.6) is 5.75 Å². The molecule has 0 aliphatic heterocycles. The normalized spacial score (nSPS) is 11.3. The van der Waals surface area contributed by atoms with Crippen LogP contribution in [0.4, 0.5) is 0 Å². The van der Waals surface area contributed by atoms with Gasteiger partial charge in [-0.25, -0.2) is 4.98 Å². The number of aryl methyl sites for hydroxylation is 1. The Bertz CT molecular complexity index is 1170. The van der Waals surface area contributed by atoms with E-state index in [0.29, 0.717) is 18.7 Å². The molecule has 0 unspecified atom stereocenters. The van der Waals surface area contributed by atoms with E-state index in [2.05, 4.69) is 28.5 Å². The number of fused-ring (bicyclic) bond motifs is 1. The summed E-state index contributed by atoms with van der Waals surface area (Å²) in [6, 6.07) is 17.7. The highest BCUT2D eigenvalue weighted by atomic mass is 32.1. The highest BCUT2D eigenvalue weighted by molar-refractivity contribution is 7.09. The molecule has 1 aromatic carbocycles. The lowest BCUT2D eigenvalue weighted by molar-refractivity contribution is 0.243. The van der Waals surface area contributed by atoms with Crippen molar-refractivity contribution in [2.24, 2.45) is 0 Å². The van der Waals surface area contributed by atoms with Gasteiger partial charge in [-0.05, 0) is 36.1 Å². The van der Waals surface area contributed by atoms with Gasteiger partial charge in [0, 0.05) is 42.3 Å². The Labute approximate surface area is 173 Å². The van der Waals surface area contributed by atoms with Gasteiger partial charge in [0.2, 0.25) is 0 Å². The van der Waals surface area contributed by atoms with E-state index in [-0.39, 0.29) is 5.56 Å². The minimum absolute atomic E-state index is 0.0536. The number of aromatic nitrogens is 2. The molecule has 0 saturated heterocycles. The van der Waals surface area contributed by atoms with E-state index >= 15 is 0 Å². The third-order valence-corrected chi connectivity index (χ3v) is 5.65. The van der Waals surface area contributed by atoms with Gasteiger partial charge in [0.15, 0.2) is 0 Å². The van der Waals surface area contributed by atoms with Crippen molar-refractivity contribution >= 4 is 17.0 Å². The van der Waals surface area contributed by atoms with Crippen LogP contribution in [0, 0.1) is 6.92 Å². The third-order valence-electron chi connectivity index (χ3n) is 4.79. The second-order valence-electron chi connectivity index (χ2n) is 7.06. The molecule has 0 bridgehead atoms. The van der Waals surface area contributed by atoms with Crippen molar-refractivity contribution in [1.29, 1.82) is 0 Å². The third kappa shape index (κ3) is 4.55. The second kappa shape index (κ2) is 8.59. The zero-order valence-electron chi connectivity index (χ0n) is 16.5. The molecule has 0 aliphatic rings. The van der Waals surface area contributed by atoms with Crippen LogP contribution in [0.2, 0.25) is 0 Å². The Morgan fingerprint density at radius 3 is 2.72 bits per heavy atom. The molecule has 0 spiro atoms. The molecule has 148 valence electrons. The lowest BCUT2D eigenvalue weighted by Gasteiger charge is -2.22. The van der Waals surface area contributed by atoms with E-state index < -0.39 is 0 Å². The average Bonchev–Trinajstić information content (AvgIpc) is 3.22. The van der Waals surface area contributed by atoms with Gasteiger partial charge < -0.3 is 4.74 Å². The Balaban J connectivity index is 1.65. The lowest BCUT2D eigenvalue weighted by Crippen LogP contribution is -2.25. The molecule has 3 aromatic heterocycles. The summed E-state index contributed by atoms with van der Waals surface area (Å²) in [6.07, 6.45) is 1.83. The molecule has 0 N–H and O–H groups in total.